The van der Waals surface area contributed by atoms with Gasteiger partial charge in [-0.1, -0.05) is 18.2 Å². The molecule has 0 atom stereocenters. The van der Waals surface area contributed by atoms with E-state index in [2.05, 4.69) is 46.3 Å². The summed E-state index contributed by atoms with van der Waals surface area (Å²) in [4.78, 5) is 0. The summed E-state index contributed by atoms with van der Waals surface area (Å²) in [5.74, 6) is 0. The maximum Gasteiger partial charge on any atom is 0.0522 e. The summed E-state index contributed by atoms with van der Waals surface area (Å²) in [5.41, 5.74) is 9.61. The third-order valence-corrected chi connectivity index (χ3v) is 3.68. The van der Waals surface area contributed by atoms with Gasteiger partial charge in [-0.2, -0.15) is 5.10 Å². The molecule has 4 heteroatoms. The van der Waals surface area contributed by atoms with Crippen LogP contribution < -0.4 is 5.73 Å². The zero-order valence-corrected chi connectivity index (χ0v) is 11.8. The van der Waals surface area contributed by atoms with Crippen molar-refractivity contribution in [1.29, 1.82) is 0 Å². The van der Waals surface area contributed by atoms with Crippen molar-refractivity contribution in [3.8, 4) is 0 Å². The van der Waals surface area contributed by atoms with Gasteiger partial charge in [0.25, 0.3) is 0 Å². The highest BCUT2D eigenvalue weighted by atomic mass is 15.2. The predicted molar refractivity (Wildman–Crippen MR) is 81.6 cm³/mol. The number of aromatic nitrogens is 3. The van der Waals surface area contributed by atoms with E-state index in [0.29, 0.717) is 6.54 Å². The van der Waals surface area contributed by atoms with E-state index >= 15 is 0 Å². The third kappa shape index (κ3) is 2.47. The van der Waals surface area contributed by atoms with Gasteiger partial charge in [-0.15, -0.1) is 0 Å². The summed E-state index contributed by atoms with van der Waals surface area (Å²) >= 11 is 0. The van der Waals surface area contributed by atoms with Gasteiger partial charge in [0.1, 0.15) is 0 Å². The minimum absolute atomic E-state index is 0.691. The quantitative estimate of drug-likeness (QED) is 0.770. The molecule has 0 amide bonds. The minimum Gasteiger partial charge on any atom is -0.347 e. The molecule has 1 aromatic carbocycles. The van der Waals surface area contributed by atoms with E-state index in [9.17, 15) is 0 Å². The number of nitrogens with zero attached hydrogens (tertiary/aromatic N) is 3. The van der Waals surface area contributed by atoms with Crippen molar-refractivity contribution in [3.05, 3.63) is 54.0 Å². The fraction of sp³-hybridized carbons (Fsp3) is 0.312. The first-order chi connectivity index (χ1) is 9.78. The summed E-state index contributed by atoms with van der Waals surface area (Å²) in [6.07, 6.45) is 8.18. The molecule has 0 saturated heterocycles. The molecule has 0 aliphatic carbocycles. The first-order valence-electron chi connectivity index (χ1n) is 7.02. The van der Waals surface area contributed by atoms with Crippen molar-refractivity contribution in [1.82, 2.24) is 14.3 Å². The molecule has 2 N–H and O–H groups in total. The highest BCUT2D eigenvalue weighted by Gasteiger charge is 2.07. The first-order valence-corrected chi connectivity index (χ1v) is 7.02. The van der Waals surface area contributed by atoms with Gasteiger partial charge < -0.3 is 10.3 Å². The van der Waals surface area contributed by atoms with Crippen molar-refractivity contribution < 1.29 is 0 Å². The smallest absolute Gasteiger partial charge is 0.0522 e. The van der Waals surface area contributed by atoms with Crippen LogP contribution in [0, 0.1) is 0 Å². The standard InChI is InChI=1S/C16H20N4/c1-19-11-13(10-18-19)7-9-20-12-14(6-8-17)15-4-2-3-5-16(15)20/h2-5,10-12H,6-9,17H2,1H3. The van der Waals surface area contributed by atoms with Gasteiger partial charge in [-0.3, -0.25) is 4.68 Å². The molecular weight excluding hydrogens is 248 g/mol. The van der Waals surface area contributed by atoms with Crippen LogP contribution in [-0.4, -0.2) is 20.9 Å². The fourth-order valence-electron chi connectivity index (χ4n) is 2.71. The van der Waals surface area contributed by atoms with Crippen LogP contribution in [0.25, 0.3) is 10.9 Å². The average molecular weight is 268 g/mol. The minimum atomic E-state index is 0.691. The number of hydrogen-bond acceptors (Lipinski definition) is 2. The topological polar surface area (TPSA) is 48.8 Å². The highest BCUT2D eigenvalue weighted by molar-refractivity contribution is 5.84. The summed E-state index contributed by atoms with van der Waals surface area (Å²) in [7, 11) is 1.95. The Labute approximate surface area is 118 Å². The lowest BCUT2D eigenvalue weighted by atomic mass is 10.1. The summed E-state index contributed by atoms with van der Waals surface area (Å²) in [5, 5.41) is 5.54. The maximum atomic E-state index is 5.71. The Balaban J connectivity index is 1.87. The van der Waals surface area contributed by atoms with E-state index in [1.165, 1.54) is 22.0 Å². The summed E-state index contributed by atoms with van der Waals surface area (Å²) in [6.45, 7) is 1.66. The third-order valence-electron chi connectivity index (χ3n) is 3.68. The Morgan fingerprint density at radius 2 is 2.00 bits per heavy atom. The molecule has 0 saturated carbocycles. The molecule has 0 radical (unpaired) electrons. The van der Waals surface area contributed by atoms with Crippen molar-refractivity contribution in [3.63, 3.8) is 0 Å². The molecular formula is C16H20N4. The lowest BCUT2D eigenvalue weighted by molar-refractivity contribution is 0.717. The average Bonchev–Trinajstić information content (AvgIpc) is 3.02. The molecule has 0 spiro atoms. The zero-order chi connectivity index (χ0) is 13.9. The second-order valence-corrected chi connectivity index (χ2v) is 5.18. The summed E-state index contributed by atoms with van der Waals surface area (Å²) in [6, 6.07) is 8.54. The molecule has 0 aliphatic heterocycles. The van der Waals surface area contributed by atoms with Crippen LogP contribution in [0.3, 0.4) is 0 Å². The number of fused-ring (bicyclic) bond motifs is 1. The van der Waals surface area contributed by atoms with Gasteiger partial charge in [-0.05, 0) is 36.6 Å². The number of hydrogen-bond donors (Lipinski definition) is 1. The van der Waals surface area contributed by atoms with Crippen LogP contribution >= 0.6 is 0 Å². The Bertz CT molecular complexity index is 708. The Morgan fingerprint density at radius 3 is 2.75 bits per heavy atom. The van der Waals surface area contributed by atoms with Crippen LogP contribution in [-0.2, 0) is 26.4 Å². The maximum absolute atomic E-state index is 5.71. The molecule has 2 heterocycles. The fourth-order valence-corrected chi connectivity index (χ4v) is 2.71. The number of benzene rings is 1. The summed E-state index contributed by atoms with van der Waals surface area (Å²) < 4.78 is 4.18. The van der Waals surface area contributed by atoms with Crippen LogP contribution in [0.5, 0.6) is 0 Å². The lowest BCUT2D eigenvalue weighted by Crippen LogP contribution is -2.02. The predicted octanol–water partition coefficient (Wildman–Crippen LogP) is 2.12. The van der Waals surface area contributed by atoms with Crippen LogP contribution in [0.1, 0.15) is 11.1 Å². The molecule has 4 nitrogen and oxygen atoms in total. The molecule has 0 aliphatic rings. The SMILES string of the molecule is Cn1cc(CCn2cc(CCN)c3ccccc32)cn1. The Hall–Kier alpha value is -2.07. The van der Waals surface area contributed by atoms with E-state index in [4.69, 9.17) is 5.73 Å². The van der Waals surface area contributed by atoms with Crippen molar-refractivity contribution in [2.45, 2.75) is 19.4 Å². The Kier molecular flexibility index (Phi) is 3.56. The van der Waals surface area contributed by atoms with Crippen LogP contribution in [0.4, 0.5) is 0 Å². The van der Waals surface area contributed by atoms with Crippen molar-refractivity contribution >= 4 is 10.9 Å². The second-order valence-electron chi connectivity index (χ2n) is 5.18. The lowest BCUT2D eigenvalue weighted by Gasteiger charge is -2.03. The van der Waals surface area contributed by atoms with Gasteiger partial charge in [0.05, 0.1) is 6.20 Å². The van der Waals surface area contributed by atoms with Crippen LogP contribution in [0.2, 0.25) is 0 Å². The molecule has 0 unspecified atom stereocenters. The van der Waals surface area contributed by atoms with Gasteiger partial charge in [-0.25, -0.2) is 0 Å². The normalized spacial score (nSPS) is 11.3. The molecule has 2 aromatic heterocycles. The highest BCUT2D eigenvalue weighted by Crippen LogP contribution is 2.22. The number of rotatable bonds is 5. The van der Waals surface area contributed by atoms with Crippen molar-refractivity contribution in [2.24, 2.45) is 12.8 Å². The molecule has 3 rings (SSSR count). The molecule has 3 aromatic rings. The van der Waals surface area contributed by atoms with Crippen molar-refractivity contribution in [2.75, 3.05) is 6.54 Å². The monoisotopic (exact) mass is 268 g/mol. The number of aryl methyl sites for hydroxylation is 3. The molecule has 104 valence electrons. The van der Waals surface area contributed by atoms with Gasteiger partial charge in [0.15, 0.2) is 0 Å². The van der Waals surface area contributed by atoms with Gasteiger partial charge in [0.2, 0.25) is 0 Å². The molecule has 0 fully saturated rings. The van der Waals surface area contributed by atoms with E-state index in [0.717, 1.165) is 19.4 Å². The van der Waals surface area contributed by atoms with E-state index in [1.54, 1.807) is 0 Å². The van der Waals surface area contributed by atoms with Gasteiger partial charge in [0, 0.05) is 36.9 Å². The van der Waals surface area contributed by atoms with Crippen LogP contribution in [0.15, 0.2) is 42.9 Å². The molecule has 20 heavy (non-hydrogen) atoms. The van der Waals surface area contributed by atoms with E-state index in [1.807, 2.05) is 17.9 Å². The zero-order valence-electron chi connectivity index (χ0n) is 11.8. The van der Waals surface area contributed by atoms with E-state index < -0.39 is 0 Å². The second kappa shape index (κ2) is 5.51. The number of para-hydroxylation sites is 1. The van der Waals surface area contributed by atoms with Gasteiger partial charge >= 0.3 is 0 Å². The van der Waals surface area contributed by atoms with E-state index in [-0.39, 0.29) is 0 Å². The Morgan fingerprint density at radius 1 is 1.15 bits per heavy atom. The first kappa shape index (κ1) is 12.9. The molecule has 0 bridgehead atoms. The number of nitrogens with two attached hydrogens (primary N) is 1. The largest absolute Gasteiger partial charge is 0.347 e.